The molecular weight excluding hydrogens is 218 g/mol. The van der Waals surface area contributed by atoms with E-state index >= 15 is 0 Å². The van der Waals surface area contributed by atoms with E-state index in [1.807, 2.05) is 12.1 Å². The third-order valence-electron chi connectivity index (χ3n) is 2.78. The SMILES string of the molecule is CC(N)C(=O)N1CCC(Oc2cccnc2)C1. The number of carbonyl (C=O) groups excluding carboxylic acids is 1. The highest BCUT2D eigenvalue weighted by Crippen LogP contribution is 2.17. The molecule has 2 N–H and O–H groups in total. The molecular formula is C12H17N3O2. The number of hydrogen-bond donors (Lipinski definition) is 1. The maximum atomic E-state index is 11.7. The molecule has 0 spiro atoms. The number of amides is 1. The molecule has 1 aliphatic rings. The second kappa shape index (κ2) is 5.14. The summed E-state index contributed by atoms with van der Waals surface area (Å²) in [6.45, 7) is 3.03. The van der Waals surface area contributed by atoms with E-state index in [0.717, 1.165) is 12.2 Å². The zero-order chi connectivity index (χ0) is 12.3. The van der Waals surface area contributed by atoms with Gasteiger partial charge in [0, 0.05) is 19.2 Å². The van der Waals surface area contributed by atoms with E-state index in [-0.39, 0.29) is 12.0 Å². The Kier molecular flexibility index (Phi) is 3.58. The number of likely N-dealkylation sites (tertiary alicyclic amines) is 1. The van der Waals surface area contributed by atoms with Crippen LogP contribution in [0.1, 0.15) is 13.3 Å². The maximum absolute atomic E-state index is 11.7. The van der Waals surface area contributed by atoms with Gasteiger partial charge in [0.2, 0.25) is 5.91 Å². The molecule has 0 aromatic carbocycles. The summed E-state index contributed by atoms with van der Waals surface area (Å²) in [7, 11) is 0. The van der Waals surface area contributed by atoms with Crippen LogP contribution in [-0.2, 0) is 4.79 Å². The third kappa shape index (κ3) is 2.94. The lowest BCUT2D eigenvalue weighted by molar-refractivity contribution is -0.131. The Hall–Kier alpha value is -1.62. The quantitative estimate of drug-likeness (QED) is 0.823. The van der Waals surface area contributed by atoms with Crippen molar-refractivity contribution >= 4 is 5.91 Å². The summed E-state index contributed by atoms with van der Waals surface area (Å²) in [5.41, 5.74) is 5.57. The predicted molar refractivity (Wildman–Crippen MR) is 63.5 cm³/mol. The van der Waals surface area contributed by atoms with Gasteiger partial charge >= 0.3 is 0 Å². The molecule has 2 heterocycles. The normalized spacial score (nSPS) is 21.3. The van der Waals surface area contributed by atoms with Crippen LogP contribution in [0.2, 0.25) is 0 Å². The molecule has 0 radical (unpaired) electrons. The third-order valence-corrected chi connectivity index (χ3v) is 2.78. The first-order chi connectivity index (χ1) is 8.16. The lowest BCUT2D eigenvalue weighted by Crippen LogP contribution is -2.41. The van der Waals surface area contributed by atoms with Gasteiger partial charge in [0.15, 0.2) is 0 Å². The first kappa shape index (κ1) is 11.9. The molecule has 0 saturated carbocycles. The molecule has 1 amide bonds. The van der Waals surface area contributed by atoms with Gasteiger partial charge in [-0.1, -0.05) is 0 Å². The van der Waals surface area contributed by atoms with E-state index in [4.69, 9.17) is 10.5 Å². The molecule has 17 heavy (non-hydrogen) atoms. The van der Waals surface area contributed by atoms with Crippen molar-refractivity contribution in [3.05, 3.63) is 24.5 Å². The molecule has 1 aromatic heterocycles. The molecule has 92 valence electrons. The molecule has 0 aliphatic carbocycles. The number of hydrogen-bond acceptors (Lipinski definition) is 4. The van der Waals surface area contributed by atoms with Crippen LogP contribution in [0.15, 0.2) is 24.5 Å². The smallest absolute Gasteiger partial charge is 0.239 e. The van der Waals surface area contributed by atoms with Gasteiger partial charge in [0.1, 0.15) is 11.9 Å². The van der Waals surface area contributed by atoms with Crippen molar-refractivity contribution in [2.24, 2.45) is 5.73 Å². The number of nitrogens with zero attached hydrogens (tertiary/aromatic N) is 2. The van der Waals surface area contributed by atoms with Crippen LogP contribution in [0.25, 0.3) is 0 Å². The average molecular weight is 235 g/mol. The molecule has 2 rings (SSSR count). The molecule has 1 aromatic rings. The number of aromatic nitrogens is 1. The van der Waals surface area contributed by atoms with Gasteiger partial charge in [0.05, 0.1) is 18.8 Å². The van der Waals surface area contributed by atoms with Gasteiger partial charge in [-0.05, 0) is 19.1 Å². The summed E-state index contributed by atoms with van der Waals surface area (Å²) < 4.78 is 5.74. The minimum Gasteiger partial charge on any atom is -0.487 e. The van der Waals surface area contributed by atoms with Gasteiger partial charge in [0.25, 0.3) is 0 Å². The van der Waals surface area contributed by atoms with Crippen LogP contribution in [0, 0.1) is 0 Å². The zero-order valence-corrected chi connectivity index (χ0v) is 9.87. The van der Waals surface area contributed by atoms with E-state index in [0.29, 0.717) is 13.1 Å². The summed E-state index contributed by atoms with van der Waals surface area (Å²) >= 11 is 0. The number of rotatable bonds is 3. The van der Waals surface area contributed by atoms with Gasteiger partial charge in [-0.3, -0.25) is 9.78 Å². The van der Waals surface area contributed by atoms with Crippen LogP contribution in [0.5, 0.6) is 5.75 Å². The van der Waals surface area contributed by atoms with E-state index in [2.05, 4.69) is 4.98 Å². The van der Waals surface area contributed by atoms with Crippen molar-refractivity contribution in [2.75, 3.05) is 13.1 Å². The van der Waals surface area contributed by atoms with Crippen LogP contribution >= 0.6 is 0 Å². The Morgan fingerprint density at radius 1 is 1.71 bits per heavy atom. The summed E-state index contributed by atoms with van der Waals surface area (Å²) in [6, 6.07) is 3.25. The minimum absolute atomic E-state index is 0.0118. The van der Waals surface area contributed by atoms with Gasteiger partial charge < -0.3 is 15.4 Å². The van der Waals surface area contributed by atoms with Crippen LogP contribution in [0.3, 0.4) is 0 Å². The van der Waals surface area contributed by atoms with E-state index in [9.17, 15) is 4.79 Å². The molecule has 1 fully saturated rings. The fraction of sp³-hybridized carbons (Fsp3) is 0.500. The second-order valence-electron chi connectivity index (χ2n) is 4.29. The van der Waals surface area contributed by atoms with Crippen molar-refractivity contribution in [1.82, 2.24) is 9.88 Å². The Bertz CT molecular complexity index is 381. The molecule has 1 aliphatic heterocycles. The summed E-state index contributed by atoms with van der Waals surface area (Å²) in [5, 5.41) is 0. The molecule has 2 unspecified atom stereocenters. The highest BCUT2D eigenvalue weighted by molar-refractivity contribution is 5.81. The minimum atomic E-state index is -0.438. The Balaban J connectivity index is 1.88. The highest BCUT2D eigenvalue weighted by Gasteiger charge is 2.28. The number of carbonyl (C=O) groups is 1. The van der Waals surface area contributed by atoms with Crippen LogP contribution < -0.4 is 10.5 Å². The fourth-order valence-electron chi connectivity index (χ4n) is 1.92. The number of ether oxygens (including phenoxy) is 1. The average Bonchev–Trinajstić information content (AvgIpc) is 2.77. The lowest BCUT2D eigenvalue weighted by Gasteiger charge is -2.18. The molecule has 2 atom stereocenters. The standard InChI is InChI=1S/C12H17N3O2/c1-9(13)12(16)15-6-4-11(8-15)17-10-3-2-5-14-7-10/h2-3,5,7,9,11H,4,6,8,13H2,1H3. The topological polar surface area (TPSA) is 68.5 Å². The summed E-state index contributed by atoms with van der Waals surface area (Å²) in [5.74, 6) is 0.731. The molecule has 5 nitrogen and oxygen atoms in total. The Morgan fingerprint density at radius 2 is 2.53 bits per heavy atom. The monoisotopic (exact) mass is 235 g/mol. The van der Waals surface area contributed by atoms with Crippen LogP contribution in [-0.4, -0.2) is 41.0 Å². The van der Waals surface area contributed by atoms with Crippen molar-refractivity contribution in [2.45, 2.75) is 25.5 Å². The van der Waals surface area contributed by atoms with Crippen LogP contribution in [0.4, 0.5) is 0 Å². The van der Waals surface area contributed by atoms with E-state index in [1.54, 1.807) is 24.2 Å². The van der Waals surface area contributed by atoms with Gasteiger partial charge in [-0.15, -0.1) is 0 Å². The number of pyridine rings is 1. The lowest BCUT2D eigenvalue weighted by atomic mass is 10.3. The maximum Gasteiger partial charge on any atom is 0.239 e. The van der Waals surface area contributed by atoms with E-state index in [1.165, 1.54) is 0 Å². The molecule has 5 heteroatoms. The van der Waals surface area contributed by atoms with Crippen molar-refractivity contribution in [1.29, 1.82) is 0 Å². The predicted octanol–water partition coefficient (Wildman–Crippen LogP) is 0.408. The fourth-order valence-corrected chi connectivity index (χ4v) is 1.92. The molecule has 0 bridgehead atoms. The van der Waals surface area contributed by atoms with Crippen molar-refractivity contribution < 1.29 is 9.53 Å². The first-order valence-electron chi connectivity index (χ1n) is 5.78. The Morgan fingerprint density at radius 3 is 3.18 bits per heavy atom. The first-order valence-corrected chi connectivity index (χ1v) is 5.78. The number of nitrogens with two attached hydrogens (primary N) is 1. The molecule has 1 saturated heterocycles. The highest BCUT2D eigenvalue weighted by atomic mass is 16.5. The van der Waals surface area contributed by atoms with Crippen molar-refractivity contribution in [3.63, 3.8) is 0 Å². The largest absolute Gasteiger partial charge is 0.487 e. The van der Waals surface area contributed by atoms with E-state index < -0.39 is 6.04 Å². The second-order valence-corrected chi connectivity index (χ2v) is 4.29. The van der Waals surface area contributed by atoms with Crippen molar-refractivity contribution in [3.8, 4) is 5.75 Å². The zero-order valence-electron chi connectivity index (χ0n) is 9.87. The van der Waals surface area contributed by atoms with Gasteiger partial charge in [-0.2, -0.15) is 0 Å². The van der Waals surface area contributed by atoms with Gasteiger partial charge in [-0.25, -0.2) is 0 Å². The summed E-state index contributed by atoms with van der Waals surface area (Å²) in [6.07, 6.45) is 4.26. The summed E-state index contributed by atoms with van der Waals surface area (Å²) in [4.78, 5) is 17.4. The Labute approximate surface area is 101 Å².